The lowest BCUT2D eigenvalue weighted by molar-refractivity contribution is -0.141. The van der Waals surface area contributed by atoms with E-state index in [0.717, 1.165) is 0 Å². The van der Waals surface area contributed by atoms with E-state index < -0.39 is 48.4 Å². The molecule has 3 atom stereocenters. The molecule has 30 heavy (non-hydrogen) atoms. The van der Waals surface area contributed by atoms with Gasteiger partial charge in [0.1, 0.15) is 12.1 Å². The van der Waals surface area contributed by atoms with Crippen molar-refractivity contribution in [3.63, 3.8) is 0 Å². The summed E-state index contributed by atoms with van der Waals surface area (Å²) < 4.78 is 0. The van der Waals surface area contributed by atoms with E-state index in [1.807, 2.05) is 0 Å². The van der Waals surface area contributed by atoms with Gasteiger partial charge in [0.15, 0.2) is 0 Å². The molecule has 0 aliphatic carbocycles. The van der Waals surface area contributed by atoms with E-state index in [2.05, 4.69) is 35.9 Å². The number of carbonyl (C=O) groups excluding carboxylic acids is 3. The van der Waals surface area contributed by atoms with Crippen LogP contribution in [0.4, 0.5) is 0 Å². The van der Waals surface area contributed by atoms with Gasteiger partial charge in [-0.2, -0.15) is 0 Å². The Morgan fingerprint density at radius 3 is 2.17 bits per heavy atom. The molecule has 0 spiro atoms. The van der Waals surface area contributed by atoms with Crippen LogP contribution in [0.25, 0.3) is 0 Å². The molecule has 0 bridgehead atoms. The van der Waals surface area contributed by atoms with Crippen LogP contribution in [0.2, 0.25) is 0 Å². The Kier molecular flexibility index (Phi) is 8.05. The number of amides is 3. The molecule has 0 saturated carbocycles. The minimum Gasteiger partial charge on any atom is -0.480 e. The van der Waals surface area contributed by atoms with Crippen molar-refractivity contribution < 1.29 is 24.3 Å². The number of nitrogens with two attached hydrogens (primary N) is 1. The molecule has 0 fully saturated rings. The number of carboxylic acid groups (broad SMARTS) is 1. The third-order valence-corrected chi connectivity index (χ3v) is 4.12. The molecule has 162 valence electrons. The van der Waals surface area contributed by atoms with Crippen LogP contribution in [0.3, 0.4) is 0 Å². The lowest BCUT2D eigenvalue weighted by Crippen LogP contribution is -2.53. The van der Waals surface area contributed by atoms with Gasteiger partial charge in [-0.15, -0.1) is 0 Å². The third-order valence-electron chi connectivity index (χ3n) is 4.12. The number of H-pyrrole nitrogens is 2. The highest BCUT2D eigenvalue weighted by molar-refractivity contribution is 5.92. The second-order valence-electron chi connectivity index (χ2n) is 6.57. The van der Waals surface area contributed by atoms with Crippen LogP contribution in [-0.4, -0.2) is 73.4 Å². The highest BCUT2D eigenvalue weighted by Crippen LogP contribution is 1.99. The second-order valence-corrected chi connectivity index (χ2v) is 6.57. The fourth-order valence-corrected chi connectivity index (χ4v) is 2.49. The first-order valence-corrected chi connectivity index (χ1v) is 9.06. The zero-order valence-corrected chi connectivity index (χ0v) is 16.2. The Morgan fingerprint density at radius 2 is 1.63 bits per heavy atom. The molecule has 13 heteroatoms. The quantitative estimate of drug-likeness (QED) is 0.205. The summed E-state index contributed by atoms with van der Waals surface area (Å²) in [5.41, 5.74) is 7.01. The second kappa shape index (κ2) is 10.7. The number of aliphatic carboxylic acids is 1. The van der Waals surface area contributed by atoms with Crippen molar-refractivity contribution in [3.8, 4) is 0 Å². The maximum Gasteiger partial charge on any atom is 0.326 e. The van der Waals surface area contributed by atoms with Gasteiger partial charge in [-0.1, -0.05) is 0 Å². The molecular weight excluding hydrogens is 396 g/mol. The molecule has 2 aromatic heterocycles. The summed E-state index contributed by atoms with van der Waals surface area (Å²) in [4.78, 5) is 60.7. The molecule has 3 unspecified atom stereocenters. The highest BCUT2D eigenvalue weighted by atomic mass is 16.4. The normalized spacial score (nSPS) is 13.7. The summed E-state index contributed by atoms with van der Waals surface area (Å²) in [6.45, 7) is 0.984. The van der Waals surface area contributed by atoms with Gasteiger partial charge in [0.25, 0.3) is 0 Å². The van der Waals surface area contributed by atoms with Gasteiger partial charge in [0.05, 0.1) is 25.2 Å². The molecule has 0 aliphatic heterocycles. The first kappa shape index (κ1) is 22.5. The first-order valence-electron chi connectivity index (χ1n) is 9.06. The van der Waals surface area contributed by atoms with E-state index in [0.29, 0.717) is 11.4 Å². The van der Waals surface area contributed by atoms with Crippen molar-refractivity contribution >= 4 is 23.7 Å². The number of nitrogens with zero attached hydrogens (tertiary/aromatic N) is 2. The number of hydrogen-bond acceptors (Lipinski definition) is 7. The lowest BCUT2D eigenvalue weighted by Gasteiger charge is -2.18. The van der Waals surface area contributed by atoms with Crippen LogP contribution in [0.15, 0.2) is 25.0 Å². The summed E-state index contributed by atoms with van der Waals surface area (Å²) in [5.74, 6) is -3.07. The number of carboxylic acids is 1. The van der Waals surface area contributed by atoms with Crippen LogP contribution in [0.5, 0.6) is 0 Å². The van der Waals surface area contributed by atoms with Gasteiger partial charge >= 0.3 is 5.97 Å². The zero-order valence-electron chi connectivity index (χ0n) is 16.2. The minimum absolute atomic E-state index is 0.00962. The predicted molar refractivity (Wildman–Crippen MR) is 103 cm³/mol. The number of aromatic nitrogens is 4. The molecular formula is C17H24N8O5. The Bertz CT molecular complexity index is 852. The summed E-state index contributed by atoms with van der Waals surface area (Å²) in [7, 11) is 0. The van der Waals surface area contributed by atoms with E-state index >= 15 is 0 Å². The monoisotopic (exact) mass is 420 g/mol. The zero-order chi connectivity index (χ0) is 22.1. The van der Waals surface area contributed by atoms with E-state index in [9.17, 15) is 24.3 Å². The van der Waals surface area contributed by atoms with Gasteiger partial charge < -0.3 is 36.8 Å². The number of nitrogens with one attached hydrogen (secondary N) is 5. The Labute approximate surface area is 171 Å². The molecule has 8 N–H and O–H groups in total. The predicted octanol–water partition coefficient (Wildman–Crippen LogP) is -2.56. The minimum atomic E-state index is -1.23. The van der Waals surface area contributed by atoms with Gasteiger partial charge in [-0.3, -0.25) is 14.4 Å². The molecule has 2 heterocycles. The van der Waals surface area contributed by atoms with Crippen molar-refractivity contribution in [2.75, 3.05) is 6.54 Å². The van der Waals surface area contributed by atoms with Crippen molar-refractivity contribution in [3.05, 3.63) is 36.4 Å². The summed E-state index contributed by atoms with van der Waals surface area (Å²) in [6.07, 6.45) is 6.08. The summed E-state index contributed by atoms with van der Waals surface area (Å²) in [5, 5.41) is 16.3. The molecule has 13 nitrogen and oxygen atoms in total. The maximum absolute atomic E-state index is 12.1. The number of rotatable bonds is 11. The largest absolute Gasteiger partial charge is 0.480 e. The van der Waals surface area contributed by atoms with Crippen LogP contribution in [0, 0.1) is 0 Å². The van der Waals surface area contributed by atoms with Gasteiger partial charge in [-0.05, 0) is 6.92 Å². The Balaban J connectivity index is 1.75. The first-order chi connectivity index (χ1) is 14.3. The fourth-order valence-electron chi connectivity index (χ4n) is 2.49. The summed E-state index contributed by atoms with van der Waals surface area (Å²) >= 11 is 0. The Morgan fingerprint density at radius 1 is 1.03 bits per heavy atom. The van der Waals surface area contributed by atoms with Gasteiger partial charge in [0, 0.05) is 36.6 Å². The van der Waals surface area contributed by atoms with Crippen LogP contribution in [0.1, 0.15) is 18.3 Å². The molecule has 0 radical (unpaired) electrons. The van der Waals surface area contributed by atoms with E-state index in [1.54, 1.807) is 6.20 Å². The maximum atomic E-state index is 12.1. The van der Waals surface area contributed by atoms with Crippen molar-refractivity contribution in [1.29, 1.82) is 0 Å². The van der Waals surface area contributed by atoms with Crippen LogP contribution >= 0.6 is 0 Å². The Hall–Kier alpha value is -3.74. The van der Waals surface area contributed by atoms with E-state index in [1.165, 1.54) is 25.8 Å². The number of hydrogen-bond donors (Lipinski definition) is 7. The third kappa shape index (κ3) is 7.01. The molecule has 2 aromatic rings. The molecule has 0 aromatic carbocycles. The van der Waals surface area contributed by atoms with Crippen molar-refractivity contribution in [1.82, 2.24) is 35.9 Å². The van der Waals surface area contributed by atoms with Crippen LogP contribution < -0.4 is 21.7 Å². The van der Waals surface area contributed by atoms with E-state index in [4.69, 9.17) is 5.73 Å². The summed E-state index contributed by atoms with van der Waals surface area (Å²) in [6, 6.07) is -3.02. The molecule has 2 rings (SSSR count). The van der Waals surface area contributed by atoms with Gasteiger partial charge in [-0.25, -0.2) is 14.8 Å². The fraction of sp³-hybridized carbons (Fsp3) is 0.412. The molecule has 0 aliphatic rings. The van der Waals surface area contributed by atoms with Crippen molar-refractivity contribution in [2.24, 2.45) is 5.73 Å². The number of imidazole rings is 2. The molecule has 0 saturated heterocycles. The average molecular weight is 420 g/mol. The van der Waals surface area contributed by atoms with Gasteiger partial charge in [0.2, 0.25) is 17.7 Å². The van der Waals surface area contributed by atoms with E-state index in [-0.39, 0.29) is 12.8 Å². The van der Waals surface area contributed by atoms with Crippen LogP contribution in [-0.2, 0) is 32.0 Å². The molecule has 3 amide bonds. The number of carbonyl (C=O) groups is 4. The smallest absolute Gasteiger partial charge is 0.326 e. The SMILES string of the molecule is CC(NC(=O)C(N)Cc1cnc[nH]1)C(=O)NCC(=O)NC(Cc1cnc[nH]1)C(=O)O. The average Bonchev–Trinajstić information content (AvgIpc) is 3.39. The number of aromatic amines is 2. The lowest BCUT2D eigenvalue weighted by atomic mass is 10.1. The standard InChI is InChI=1S/C17H24N8O5/c1-9(24-16(28)12(18)2-10-4-19-7-22-10)15(27)21-6-14(26)25-13(17(29)30)3-11-5-20-8-23-11/h4-5,7-9,12-13H,2-3,6,18H2,1H3,(H,19,22)(H,20,23)(H,21,27)(H,24,28)(H,25,26)(H,29,30). The highest BCUT2D eigenvalue weighted by Gasteiger charge is 2.23. The topological polar surface area (TPSA) is 208 Å². The van der Waals surface area contributed by atoms with Crippen molar-refractivity contribution in [2.45, 2.75) is 37.9 Å².